The number of anilines is 2. The van der Waals surface area contributed by atoms with Crippen molar-refractivity contribution in [3.05, 3.63) is 42.0 Å². The second-order valence-electron chi connectivity index (χ2n) is 10.6. The van der Waals surface area contributed by atoms with Crippen LogP contribution >= 0.6 is 0 Å². The van der Waals surface area contributed by atoms with Gasteiger partial charge >= 0.3 is 6.03 Å². The van der Waals surface area contributed by atoms with E-state index < -0.39 is 6.03 Å². The molecule has 1 fully saturated rings. The first-order valence-electron chi connectivity index (χ1n) is 13.2. The van der Waals surface area contributed by atoms with E-state index >= 15 is 0 Å². The van der Waals surface area contributed by atoms with E-state index in [0.717, 1.165) is 12.5 Å². The molecule has 2 heterocycles. The lowest BCUT2D eigenvalue weighted by Gasteiger charge is -2.38. The van der Waals surface area contributed by atoms with Crippen molar-refractivity contribution in [1.82, 2.24) is 9.80 Å². The van der Waals surface area contributed by atoms with Gasteiger partial charge in [0.15, 0.2) is 17.2 Å². The number of ether oxygens (including phenoxy) is 3. The summed E-state index contributed by atoms with van der Waals surface area (Å²) in [6.45, 7) is 6.06. The number of hydrogen-bond donors (Lipinski definition) is 3. The Hall–Kier alpha value is -3.50. The van der Waals surface area contributed by atoms with Gasteiger partial charge < -0.3 is 39.8 Å². The Morgan fingerprint density at radius 1 is 1.16 bits per heavy atom. The zero-order valence-electron chi connectivity index (χ0n) is 22.1. The number of nitrogens with zero attached hydrogens (tertiary/aromatic N) is 2. The smallest absolute Gasteiger partial charge is 0.323 e. The summed E-state index contributed by atoms with van der Waals surface area (Å²) in [7, 11) is 2.09. The van der Waals surface area contributed by atoms with E-state index in [1.54, 1.807) is 41.3 Å². The van der Waals surface area contributed by atoms with Crippen LogP contribution in [0, 0.1) is 11.8 Å². The molecule has 3 atom stereocenters. The van der Waals surface area contributed by atoms with Gasteiger partial charge in [0.1, 0.15) is 6.10 Å². The number of nitrogens with one attached hydrogen (secondary N) is 2. The van der Waals surface area contributed by atoms with E-state index in [-0.39, 0.29) is 37.4 Å². The van der Waals surface area contributed by atoms with E-state index in [2.05, 4.69) is 29.5 Å². The van der Waals surface area contributed by atoms with Gasteiger partial charge in [0.05, 0.1) is 23.9 Å². The molecule has 0 aromatic heterocycles. The van der Waals surface area contributed by atoms with Crippen LogP contribution in [0.5, 0.6) is 17.2 Å². The number of para-hydroxylation sites is 1. The Balaban J connectivity index is 1.41. The van der Waals surface area contributed by atoms with Crippen LogP contribution in [0.1, 0.15) is 37.0 Å². The highest BCUT2D eigenvalue weighted by atomic mass is 16.7. The largest absolute Gasteiger partial charge is 0.486 e. The standard InChI is InChI=1S/C28H36N4O6/c1-17-12-32(18(2)15-33)27(34)21-5-4-6-22(26(21)38-25(17)14-31(3)13-19-7-8-19)30-28(35)29-20-9-10-23-24(11-20)37-16-36-23/h4-6,9-11,17-19,25,33H,7-8,12-16H2,1-3H3,(H2,29,30,35)/t17-,18-,25+/m0/s1. The molecule has 10 nitrogen and oxygen atoms in total. The quantitative estimate of drug-likeness (QED) is 0.484. The minimum absolute atomic E-state index is 0.00160. The van der Waals surface area contributed by atoms with Gasteiger partial charge in [0.25, 0.3) is 5.91 Å². The topological polar surface area (TPSA) is 113 Å². The minimum Gasteiger partial charge on any atom is -0.486 e. The lowest BCUT2D eigenvalue weighted by Crippen LogP contribution is -2.50. The molecule has 3 aliphatic rings. The number of likely N-dealkylation sites (N-methyl/N-ethyl adjacent to an activating group) is 1. The van der Waals surface area contributed by atoms with Gasteiger partial charge in [0, 0.05) is 37.3 Å². The second kappa shape index (κ2) is 11.1. The molecule has 2 aromatic carbocycles. The molecular weight excluding hydrogens is 488 g/mol. The monoisotopic (exact) mass is 524 g/mol. The molecule has 0 bridgehead atoms. The number of hydrogen-bond acceptors (Lipinski definition) is 7. The van der Waals surface area contributed by atoms with E-state index in [1.807, 2.05) is 6.92 Å². The average Bonchev–Trinajstić information content (AvgIpc) is 3.58. The van der Waals surface area contributed by atoms with Crippen LogP contribution in [-0.2, 0) is 0 Å². The predicted molar refractivity (Wildman–Crippen MR) is 143 cm³/mol. The molecule has 0 radical (unpaired) electrons. The van der Waals surface area contributed by atoms with Crippen LogP contribution in [0.3, 0.4) is 0 Å². The van der Waals surface area contributed by atoms with E-state index in [0.29, 0.717) is 47.3 Å². The molecule has 1 saturated carbocycles. The fourth-order valence-electron chi connectivity index (χ4n) is 4.94. The maximum absolute atomic E-state index is 13.6. The molecule has 10 heteroatoms. The van der Waals surface area contributed by atoms with Gasteiger partial charge in [-0.05, 0) is 57.0 Å². The van der Waals surface area contributed by atoms with Gasteiger partial charge in [-0.2, -0.15) is 0 Å². The van der Waals surface area contributed by atoms with E-state index in [1.165, 1.54) is 12.8 Å². The number of aliphatic hydroxyl groups is 1. The molecule has 38 heavy (non-hydrogen) atoms. The van der Waals surface area contributed by atoms with Crippen molar-refractivity contribution in [3.8, 4) is 17.2 Å². The zero-order chi connectivity index (χ0) is 26.8. The maximum Gasteiger partial charge on any atom is 0.323 e. The fourth-order valence-corrected chi connectivity index (χ4v) is 4.94. The molecule has 0 unspecified atom stereocenters. The highest BCUT2D eigenvalue weighted by Crippen LogP contribution is 2.37. The van der Waals surface area contributed by atoms with Crippen molar-refractivity contribution < 1.29 is 28.9 Å². The number of carbonyl (C=O) groups excluding carboxylic acids is 2. The number of aliphatic hydroxyl groups excluding tert-OH is 1. The first kappa shape index (κ1) is 26.1. The summed E-state index contributed by atoms with van der Waals surface area (Å²) in [5.41, 5.74) is 1.29. The lowest BCUT2D eigenvalue weighted by molar-refractivity contribution is 0.0346. The third kappa shape index (κ3) is 5.81. The first-order valence-corrected chi connectivity index (χ1v) is 13.2. The molecule has 0 saturated heterocycles. The highest BCUT2D eigenvalue weighted by Gasteiger charge is 2.35. The van der Waals surface area contributed by atoms with Crippen molar-refractivity contribution in [3.63, 3.8) is 0 Å². The number of carbonyl (C=O) groups is 2. The molecular formula is C28H36N4O6. The molecule has 2 aliphatic heterocycles. The first-order chi connectivity index (χ1) is 18.3. The average molecular weight is 525 g/mol. The summed E-state index contributed by atoms with van der Waals surface area (Å²) >= 11 is 0. The zero-order valence-corrected chi connectivity index (χ0v) is 22.1. The van der Waals surface area contributed by atoms with Crippen molar-refractivity contribution in [1.29, 1.82) is 0 Å². The molecule has 1 aliphatic carbocycles. The predicted octanol–water partition coefficient (Wildman–Crippen LogP) is 3.62. The van der Waals surface area contributed by atoms with Gasteiger partial charge in [-0.25, -0.2) is 4.79 Å². The summed E-state index contributed by atoms with van der Waals surface area (Å²) in [5.74, 6) is 2.02. The summed E-state index contributed by atoms with van der Waals surface area (Å²) in [6.07, 6.45) is 2.30. The number of benzene rings is 2. The number of fused-ring (bicyclic) bond motifs is 2. The van der Waals surface area contributed by atoms with Gasteiger partial charge in [-0.3, -0.25) is 4.79 Å². The Morgan fingerprint density at radius 2 is 1.95 bits per heavy atom. The Morgan fingerprint density at radius 3 is 2.71 bits per heavy atom. The third-order valence-corrected chi connectivity index (χ3v) is 7.33. The van der Waals surface area contributed by atoms with Gasteiger partial charge in [-0.1, -0.05) is 13.0 Å². The minimum atomic E-state index is -0.480. The van der Waals surface area contributed by atoms with Crippen molar-refractivity contribution in [2.75, 3.05) is 50.7 Å². The molecule has 0 spiro atoms. The van der Waals surface area contributed by atoms with Crippen LogP contribution < -0.4 is 24.8 Å². The van der Waals surface area contributed by atoms with Crippen LogP contribution in [0.4, 0.5) is 16.2 Å². The van der Waals surface area contributed by atoms with Crippen LogP contribution in [0.15, 0.2) is 36.4 Å². The Kier molecular flexibility index (Phi) is 7.62. The fraction of sp³-hybridized carbons (Fsp3) is 0.500. The Labute approximate surface area is 222 Å². The third-order valence-electron chi connectivity index (χ3n) is 7.33. The summed E-state index contributed by atoms with van der Waals surface area (Å²) in [4.78, 5) is 30.6. The summed E-state index contributed by atoms with van der Waals surface area (Å²) in [6, 6.07) is 9.47. The highest BCUT2D eigenvalue weighted by molar-refractivity contribution is 6.04. The van der Waals surface area contributed by atoms with Crippen LogP contribution in [0.25, 0.3) is 0 Å². The molecule has 3 N–H and O–H groups in total. The SMILES string of the molecule is C[C@H]1CN([C@@H](C)CO)C(=O)c2cccc(NC(=O)Nc3ccc4c(c3)OCO4)c2O[C@@H]1CN(C)CC1CC1. The number of rotatable bonds is 8. The van der Waals surface area contributed by atoms with Crippen LogP contribution in [0.2, 0.25) is 0 Å². The maximum atomic E-state index is 13.6. The van der Waals surface area contributed by atoms with E-state index in [4.69, 9.17) is 14.2 Å². The molecule has 204 valence electrons. The Bertz CT molecular complexity index is 1190. The number of amides is 3. The molecule has 5 rings (SSSR count). The number of urea groups is 1. The lowest BCUT2D eigenvalue weighted by atomic mass is 9.99. The normalized spacial score (nSPS) is 21.3. The van der Waals surface area contributed by atoms with E-state index in [9.17, 15) is 14.7 Å². The van der Waals surface area contributed by atoms with Crippen molar-refractivity contribution in [2.45, 2.75) is 38.8 Å². The summed E-state index contributed by atoms with van der Waals surface area (Å²) in [5, 5.41) is 15.5. The van der Waals surface area contributed by atoms with Crippen molar-refractivity contribution in [2.24, 2.45) is 11.8 Å². The second-order valence-corrected chi connectivity index (χ2v) is 10.6. The van der Waals surface area contributed by atoms with Gasteiger partial charge in [-0.15, -0.1) is 0 Å². The summed E-state index contributed by atoms with van der Waals surface area (Å²) < 4.78 is 17.3. The molecule has 3 amide bonds. The molecule has 2 aromatic rings. The van der Waals surface area contributed by atoms with Crippen molar-refractivity contribution >= 4 is 23.3 Å². The van der Waals surface area contributed by atoms with Gasteiger partial charge in [0.2, 0.25) is 6.79 Å². The van der Waals surface area contributed by atoms with Crippen LogP contribution in [-0.4, -0.2) is 79.1 Å².